The van der Waals surface area contributed by atoms with Gasteiger partial charge in [-0.3, -0.25) is 0 Å². The van der Waals surface area contributed by atoms with E-state index in [1.54, 1.807) is 0 Å². The number of rotatable bonds is 10. The average Bonchev–Trinajstić information content (AvgIpc) is 2.21. The second-order valence-corrected chi connectivity index (χ2v) is 4.98. The van der Waals surface area contributed by atoms with Crippen LogP contribution in [0.15, 0.2) is 0 Å². The van der Waals surface area contributed by atoms with Gasteiger partial charge in [-0.2, -0.15) is 0 Å². The van der Waals surface area contributed by atoms with Crippen LogP contribution in [0.1, 0.15) is 78.6 Å². The first-order valence-electron chi connectivity index (χ1n) is 6.86. The molecule has 0 aliphatic rings. The fourth-order valence-corrected chi connectivity index (χ4v) is 1.84. The van der Waals surface area contributed by atoms with Gasteiger partial charge in [0.2, 0.25) is 0 Å². The Bertz CT molecular complexity index is 121. The summed E-state index contributed by atoms with van der Waals surface area (Å²) in [5.74, 6) is 0.477. The smallest absolute Gasteiger partial charge is 0.0537 e. The molecule has 0 aliphatic heterocycles. The lowest BCUT2D eigenvalue weighted by molar-refractivity contribution is 0.128. The number of unbranched alkanes of at least 4 members (excludes halogenated alkanes) is 7. The lowest BCUT2D eigenvalue weighted by atomic mass is 9.98. The van der Waals surface area contributed by atoms with Crippen LogP contribution in [0.25, 0.3) is 0 Å². The molecule has 0 spiro atoms. The van der Waals surface area contributed by atoms with Gasteiger partial charge in [-0.1, -0.05) is 65.2 Å². The Balaban J connectivity index is 3.05. The van der Waals surface area contributed by atoms with Gasteiger partial charge in [0, 0.05) is 0 Å². The van der Waals surface area contributed by atoms with Crippen molar-refractivity contribution in [2.24, 2.45) is 5.92 Å². The van der Waals surface area contributed by atoms with Gasteiger partial charge in [0.1, 0.15) is 0 Å². The first-order chi connectivity index (χ1) is 7.18. The van der Waals surface area contributed by atoms with Gasteiger partial charge < -0.3 is 5.11 Å². The zero-order chi connectivity index (χ0) is 11.5. The van der Waals surface area contributed by atoms with Crippen LogP contribution in [-0.4, -0.2) is 11.2 Å². The molecular formula is C14H30O. The molecule has 2 atom stereocenters. The summed E-state index contributed by atoms with van der Waals surface area (Å²) in [5.41, 5.74) is 0. The number of hydrogen-bond acceptors (Lipinski definition) is 1. The van der Waals surface area contributed by atoms with E-state index in [-0.39, 0.29) is 6.10 Å². The van der Waals surface area contributed by atoms with Crippen LogP contribution in [0.3, 0.4) is 0 Å². The van der Waals surface area contributed by atoms with Crippen LogP contribution >= 0.6 is 0 Å². The Morgan fingerprint density at radius 3 is 1.73 bits per heavy atom. The van der Waals surface area contributed by atoms with E-state index in [0.29, 0.717) is 5.92 Å². The monoisotopic (exact) mass is 214 g/mol. The Morgan fingerprint density at radius 1 is 0.800 bits per heavy atom. The van der Waals surface area contributed by atoms with Crippen molar-refractivity contribution in [3.63, 3.8) is 0 Å². The van der Waals surface area contributed by atoms with E-state index in [1.165, 1.54) is 57.8 Å². The Morgan fingerprint density at radius 2 is 1.27 bits per heavy atom. The Kier molecular flexibility index (Phi) is 10.4. The van der Waals surface area contributed by atoms with Crippen molar-refractivity contribution in [1.29, 1.82) is 0 Å². The molecule has 0 saturated heterocycles. The molecule has 0 aromatic rings. The molecule has 92 valence electrons. The molecule has 1 N–H and O–H groups in total. The second kappa shape index (κ2) is 10.5. The summed E-state index contributed by atoms with van der Waals surface area (Å²) in [6, 6.07) is 0. The van der Waals surface area contributed by atoms with Gasteiger partial charge in [0.15, 0.2) is 0 Å². The normalized spacial score (nSPS) is 15.2. The van der Waals surface area contributed by atoms with Crippen LogP contribution in [-0.2, 0) is 0 Å². The number of aliphatic hydroxyl groups is 1. The predicted octanol–water partition coefficient (Wildman–Crippen LogP) is 4.53. The quantitative estimate of drug-likeness (QED) is 0.530. The summed E-state index contributed by atoms with van der Waals surface area (Å²) >= 11 is 0. The largest absolute Gasteiger partial charge is 0.393 e. The van der Waals surface area contributed by atoms with Crippen LogP contribution in [0.5, 0.6) is 0 Å². The standard InChI is InChI=1S/C14H30O/c1-4-5-6-7-8-9-10-11-12-13(2)14(3)15/h13-15H,4-12H2,1-3H3. The predicted molar refractivity (Wildman–Crippen MR) is 68.1 cm³/mol. The first kappa shape index (κ1) is 15.0. The summed E-state index contributed by atoms with van der Waals surface area (Å²) in [6.07, 6.45) is 12.1. The SMILES string of the molecule is CCCCCCCCCCC(C)C(C)O. The average molecular weight is 214 g/mol. The minimum absolute atomic E-state index is 0.130. The summed E-state index contributed by atoms with van der Waals surface area (Å²) < 4.78 is 0. The fraction of sp³-hybridized carbons (Fsp3) is 1.00. The van der Waals surface area contributed by atoms with Crippen molar-refractivity contribution in [2.75, 3.05) is 0 Å². The van der Waals surface area contributed by atoms with Gasteiger partial charge in [0.05, 0.1) is 6.10 Å². The molecule has 0 aliphatic carbocycles. The minimum Gasteiger partial charge on any atom is -0.393 e. The molecule has 0 rings (SSSR count). The summed E-state index contributed by atoms with van der Waals surface area (Å²) in [6.45, 7) is 6.30. The maximum Gasteiger partial charge on any atom is 0.0537 e. The van der Waals surface area contributed by atoms with E-state index >= 15 is 0 Å². The molecular weight excluding hydrogens is 184 g/mol. The van der Waals surface area contributed by atoms with Crippen LogP contribution < -0.4 is 0 Å². The summed E-state index contributed by atoms with van der Waals surface area (Å²) in [7, 11) is 0. The highest BCUT2D eigenvalue weighted by atomic mass is 16.3. The van der Waals surface area contributed by atoms with E-state index in [4.69, 9.17) is 0 Å². The van der Waals surface area contributed by atoms with E-state index in [0.717, 1.165) is 0 Å². The van der Waals surface area contributed by atoms with Crippen molar-refractivity contribution in [1.82, 2.24) is 0 Å². The topological polar surface area (TPSA) is 20.2 Å². The molecule has 0 saturated carbocycles. The van der Waals surface area contributed by atoms with E-state index < -0.39 is 0 Å². The molecule has 0 aromatic heterocycles. The zero-order valence-electron chi connectivity index (χ0n) is 11.0. The molecule has 0 bridgehead atoms. The van der Waals surface area contributed by atoms with E-state index in [1.807, 2.05) is 6.92 Å². The number of aliphatic hydroxyl groups excluding tert-OH is 1. The molecule has 1 nitrogen and oxygen atoms in total. The molecule has 0 radical (unpaired) electrons. The van der Waals surface area contributed by atoms with Crippen LogP contribution in [0, 0.1) is 5.92 Å². The zero-order valence-corrected chi connectivity index (χ0v) is 11.0. The third kappa shape index (κ3) is 10.2. The van der Waals surface area contributed by atoms with Gasteiger partial charge in [0.25, 0.3) is 0 Å². The van der Waals surface area contributed by atoms with Gasteiger partial charge in [-0.25, -0.2) is 0 Å². The third-order valence-corrected chi connectivity index (χ3v) is 3.34. The first-order valence-corrected chi connectivity index (χ1v) is 6.86. The van der Waals surface area contributed by atoms with E-state index in [9.17, 15) is 5.11 Å². The summed E-state index contributed by atoms with van der Waals surface area (Å²) in [4.78, 5) is 0. The van der Waals surface area contributed by atoms with Crippen molar-refractivity contribution in [3.05, 3.63) is 0 Å². The minimum atomic E-state index is -0.130. The van der Waals surface area contributed by atoms with Crippen molar-refractivity contribution in [2.45, 2.75) is 84.7 Å². The van der Waals surface area contributed by atoms with Crippen LogP contribution in [0.4, 0.5) is 0 Å². The molecule has 0 fully saturated rings. The molecule has 15 heavy (non-hydrogen) atoms. The lowest BCUT2D eigenvalue weighted by Crippen LogP contribution is -2.12. The fourth-order valence-electron chi connectivity index (χ4n) is 1.84. The Labute approximate surface area is 96.3 Å². The Hall–Kier alpha value is -0.0400. The molecule has 0 heterocycles. The van der Waals surface area contributed by atoms with Crippen molar-refractivity contribution >= 4 is 0 Å². The van der Waals surface area contributed by atoms with Crippen LogP contribution in [0.2, 0.25) is 0 Å². The lowest BCUT2D eigenvalue weighted by Gasteiger charge is -2.13. The highest BCUT2D eigenvalue weighted by Gasteiger charge is 2.07. The number of hydrogen-bond donors (Lipinski definition) is 1. The van der Waals surface area contributed by atoms with Gasteiger partial charge in [-0.05, 0) is 19.3 Å². The summed E-state index contributed by atoms with van der Waals surface area (Å²) in [5, 5.41) is 9.32. The molecule has 2 unspecified atom stereocenters. The maximum atomic E-state index is 9.32. The van der Waals surface area contributed by atoms with Gasteiger partial charge >= 0.3 is 0 Å². The highest BCUT2D eigenvalue weighted by molar-refractivity contribution is 4.59. The van der Waals surface area contributed by atoms with E-state index in [2.05, 4.69) is 13.8 Å². The molecule has 1 heteroatoms. The molecule has 0 amide bonds. The van der Waals surface area contributed by atoms with Crippen molar-refractivity contribution in [3.8, 4) is 0 Å². The third-order valence-electron chi connectivity index (χ3n) is 3.34. The molecule has 0 aromatic carbocycles. The highest BCUT2D eigenvalue weighted by Crippen LogP contribution is 2.15. The van der Waals surface area contributed by atoms with Gasteiger partial charge in [-0.15, -0.1) is 0 Å². The van der Waals surface area contributed by atoms with Crippen molar-refractivity contribution < 1.29 is 5.11 Å². The maximum absolute atomic E-state index is 9.32. The second-order valence-electron chi connectivity index (χ2n) is 4.98.